The van der Waals surface area contributed by atoms with Crippen LogP contribution in [0.1, 0.15) is 18.7 Å². The first-order valence-electron chi connectivity index (χ1n) is 6.53. The van der Waals surface area contributed by atoms with Gasteiger partial charge in [0, 0.05) is 25.1 Å². The van der Waals surface area contributed by atoms with Crippen molar-refractivity contribution in [2.75, 3.05) is 19.6 Å². The van der Waals surface area contributed by atoms with E-state index in [1.54, 1.807) is 0 Å². The van der Waals surface area contributed by atoms with Gasteiger partial charge in [-0.1, -0.05) is 6.92 Å². The highest BCUT2D eigenvalue weighted by molar-refractivity contribution is 6.27. The third kappa shape index (κ3) is 5.03. The lowest BCUT2D eigenvalue weighted by Gasteiger charge is -2.40. The first-order valence-corrected chi connectivity index (χ1v) is 6.53. The van der Waals surface area contributed by atoms with Gasteiger partial charge in [0.25, 0.3) is 0 Å². The van der Waals surface area contributed by atoms with Gasteiger partial charge in [-0.2, -0.15) is 0 Å². The highest BCUT2D eigenvalue weighted by Crippen LogP contribution is 2.33. The van der Waals surface area contributed by atoms with Crippen LogP contribution in [0.15, 0.2) is 18.2 Å². The molecule has 5 nitrogen and oxygen atoms in total. The number of carboxylic acid groups (broad SMARTS) is 2. The number of hydrogen-bond acceptors (Lipinski definition) is 3. The monoisotopic (exact) mass is 319 g/mol. The van der Waals surface area contributed by atoms with E-state index in [4.69, 9.17) is 19.8 Å². The fraction of sp³-hybridized carbons (Fsp3) is 0.429. The molecule has 0 bridgehead atoms. The summed E-state index contributed by atoms with van der Waals surface area (Å²) in [6, 6.07) is 2.90. The van der Waals surface area contributed by atoms with Crippen LogP contribution in [0.5, 0.6) is 0 Å². The lowest BCUT2D eigenvalue weighted by Crippen LogP contribution is -2.48. The molecule has 2 rings (SSSR count). The summed E-state index contributed by atoms with van der Waals surface area (Å²) in [6.07, 6.45) is -1.27. The molecule has 0 aliphatic carbocycles. The zero-order valence-electron chi connectivity index (χ0n) is 11.8. The van der Waals surface area contributed by atoms with Crippen LogP contribution < -0.4 is 0 Å². The Morgan fingerprint density at radius 1 is 1.18 bits per heavy atom. The summed E-state index contributed by atoms with van der Waals surface area (Å²) in [5.74, 6) is -5.22. The largest absolute Gasteiger partial charge is 0.473 e. The number of alkyl halides is 1. The van der Waals surface area contributed by atoms with E-state index in [-0.39, 0.29) is 11.5 Å². The Morgan fingerprint density at radius 2 is 1.64 bits per heavy atom. The average molecular weight is 319 g/mol. The predicted octanol–water partition coefficient (Wildman–Crippen LogP) is 2.08. The summed E-state index contributed by atoms with van der Waals surface area (Å²) in [7, 11) is 0. The minimum Gasteiger partial charge on any atom is -0.473 e. The molecule has 1 aliphatic rings. The molecular weight excluding hydrogens is 303 g/mol. The zero-order chi connectivity index (χ0) is 16.9. The number of hydrogen-bond donors (Lipinski definition) is 2. The van der Waals surface area contributed by atoms with Gasteiger partial charge >= 0.3 is 11.9 Å². The molecule has 0 aromatic heterocycles. The third-order valence-corrected chi connectivity index (χ3v) is 3.23. The number of aliphatic carboxylic acids is 2. The van der Waals surface area contributed by atoms with Crippen LogP contribution in [0.2, 0.25) is 0 Å². The number of likely N-dealkylation sites (tertiary alicyclic amines) is 1. The maximum atomic E-state index is 13.9. The molecule has 0 radical (unpaired) electrons. The molecule has 1 aromatic rings. The number of nitrogens with zero attached hydrogens (tertiary/aromatic N) is 1. The van der Waals surface area contributed by atoms with Crippen molar-refractivity contribution in [1.29, 1.82) is 0 Å². The van der Waals surface area contributed by atoms with E-state index in [1.807, 2.05) is 6.92 Å². The van der Waals surface area contributed by atoms with Crippen LogP contribution >= 0.6 is 0 Å². The van der Waals surface area contributed by atoms with Crippen LogP contribution in [-0.2, 0) is 9.59 Å². The summed E-state index contributed by atoms with van der Waals surface area (Å²) in [6.45, 7) is 4.22. The highest BCUT2D eigenvalue weighted by atomic mass is 19.1. The number of carboxylic acids is 2. The molecule has 1 aromatic carbocycles. The van der Waals surface area contributed by atoms with Crippen LogP contribution in [-0.4, -0.2) is 46.7 Å². The second-order valence-corrected chi connectivity index (χ2v) is 4.83. The fourth-order valence-electron chi connectivity index (χ4n) is 2.06. The van der Waals surface area contributed by atoms with Crippen LogP contribution in [0.4, 0.5) is 13.2 Å². The maximum Gasteiger partial charge on any atom is 0.414 e. The molecule has 1 fully saturated rings. The van der Waals surface area contributed by atoms with E-state index >= 15 is 0 Å². The fourth-order valence-corrected chi connectivity index (χ4v) is 2.06. The van der Waals surface area contributed by atoms with Crippen molar-refractivity contribution in [3.63, 3.8) is 0 Å². The highest BCUT2D eigenvalue weighted by Gasteiger charge is 2.33. The van der Waals surface area contributed by atoms with Gasteiger partial charge < -0.3 is 15.1 Å². The molecule has 1 atom stereocenters. The minimum absolute atomic E-state index is 0.109. The molecule has 8 heteroatoms. The van der Waals surface area contributed by atoms with Crippen molar-refractivity contribution >= 4 is 11.9 Å². The summed E-state index contributed by atoms with van der Waals surface area (Å²) in [4.78, 5) is 20.3. The standard InChI is InChI=1S/C12H14F3N.C2H2O4/c1-2-16-6-9(7-16)12(15)8-3-10(13)5-11(14)4-8;3-1(4)2(5)6/h3-5,9,12H,2,6-7H2,1H3;(H,3,4)(H,5,6). The quantitative estimate of drug-likeness (QED) is 0.834. The Bertz CT molecular complexity index is 515. The number of benzene rings is 1. The molecule has 0 saturated carbocycles. The van der Waals surface area contributed by atoms with Crippen molar-refractivity contribution in [2.45, 2.75) is 13.1 Å². The van der Waals surface area contributed by atoms with Crippen molar-refractivity contribution in [1.82, 2.24) is 4.90 Å². The van der Waals surface area contributed by atoms with E-state index in [0.717, 1.165) is 24.7 Å². The molecular formula is C14H16F3NO4. The van der Waals surface area contributed by atoms with Crippen LogP contribution in [0, 0.1) is 17.6 Å². The van der Waals surface area contributed by atoms with Gasteiger partial charge in [0.1, 0.15) is 17.8 Å². The van der Waals surface area contributed by atoms with Gasteiger partial charge in [-0.3, -0.25) is 0 Å². The number of rotatable bonds is 3. The maximum absolute atomic E-state index is 13.9. The average Bonchev–Trinajstić information content (AvgIpc) is 2.36. The van der Waals surface area contributed by atoms with Gasteiger partial charge in [-0.05, 0) is 24.2 Å². The molecule has 0 spiro atoms. The second kappa shape index (κ2) is 7.79. The summed E-state index contributed by atoms with van der Waals surface area (Å²) in [5, 5.41) is 14.8. The van der Waals surface area contributed by atoms with E-state index in [2.05, 4.69) is 4.90 Å². The van der Waals surface area contributed by atoms with Crippen molar-refractivity contribution < 1.29 is 33.0 Å². The molecule has 1 unspecified atom stereocenters. The Hall–Kier alpha value is -2.09. The Morgan fingerprint density at radius 3 is 2.00 bits per heavy atom. The third-order valence-electron chi connectivity index (χ3n) is 3.23. The molecule has 1 heterocycles. The number of carbonyl (C=O) groups is 2. The van der Waals surface area contributed by atoms with Gasteiger partial charge in [-0.25, -0.2) is 22.8 Å². The second-order valence-electron chi connectivity index (χ2n) is 4.83. The summed E-state index contributed by atoms with van der Waals surface area (Å²) >= 11 is 0. The Balaban J connectivity index is 0.000000346. The SMILES string of the molecule is CCN1CC(C(F)c2cc(F)cc(F)c2)C1.O=C(O)C(=O)O. The topological polar surface area (TPSA) is 77.8 Å². The molecule has 1 aliphatic heterocycles. The van der Waals surface area contributed by atoms with Crippen LogP contribution in [0.3, 0.4) is 0 Å². The molecule has 0 amide bonds. The van der Waals surface area contributed by atoms with E-state index in [0.29, 0.717) is 13.1 Å². The van der Waals surface area contributed by atoms with Gasteiger partial charge in [0.15, 0.2) is 0 Å². The lowest BCUT2D eigenvalue weighted by molar-refractivity contribution is -0.159. The Labute approximate surface area is 125 Å². The lowest BCUT2D eigenvalue weighted by atomic mass is 9.90. The smallest absolute Gasteiger partial charge is 0.414 e. The molecule has 1 saturated heterocycles. The first kappa shape index (κ1) is 18.0. The van der Waals surface area contributed by atoms with Gasteiger partial charge in [0.05, 0.1) is 0 Å². The van der Waals surface area contributed by atoms with E-state index < -0.39 is 29.7 Å². The minimum atomic E-state index is -1.82. The van der Waals surface area contributed by atoms with Crippen LogP contribution in [0.25, 0.3) is 0 Å². The predicted molar refractivity (Wildman–Crippen MR) is 71.1 cm³/mol. The molecule has 22 heavy (non-hydrogen) atoms. The number of halogens is 3. The van der Waals surface area contributed by atoms with Crippen molar-refractivity contribution in [2.24, 2.45) is 5.92 Å². The molecule has 2 N–H and O–H groups in total. The van der Waals surface area contributed by atoms with Crippen molar-refractivity contribution in [3.05, 3.63) is 35.4 Å². The zero-order valence-corrected chi connectivity index (χ0v) is 11.8. The van der Waals surface area contributed by atoms with Crippen molar-refractivity contribution in [3.8, 4) is 0 Å². The summed E-state index contributed by atoms with van der Waals surface area (Å²) in [5.41, 5.74) is 0.109. The van der Waals surface area contributed by atoms with E-state index in [1.165, 1.54) is 0 Å². The first-order chi connectivity index (χ1) is 10.2. The van der Waals surface area contributed by atoms with E-state index in [9.17, 15) is 13.2 Å². The normalized spacial score (nSPS) is 16.2. The molecule has 122 valence electrons. The van der Waals surface area contributed by atoms with Gasteiger partial charge in [0.2, 0.25) is 0 Å². The Kier molecular flexibility index (Phi) is 6.36. The summed E-state index contributed by atoms with van der Waals surface area (Å²) < 4.78 is 39.7. The van der Waals surface area contributed by atoms with Gasteiger partial charge in [-0.15, -0.1) is 0 Å².